The van der Waals surface area contributed by atoms with Gasteiger partial charge in [-0.1, -0.05) is 5.92 Å². The molecule has 130 valence electrons. The van der Waals surface area contributed by atoms with E-state index in [-0.39, 0.29) is 17.5 Å². The maximum atomic E-state index is 14.5. The number of halogens is 1. The highest BCUT2D eigenvalue weighted by atomic mass is 32.1. The number of carbonyl (C=O) groups is 1. The second-order valence-corrected chi connectivity index (χ2v) is 6.51. The van der Waals surface area contributed by atoms with Gasteiger partial charge in [-0.15, -0.1) is 17.3 Å². The molecule has 0 aliphatic rings. The van der Waals surface area contributed by atoms with Crippen LogP contribution in [-0.2, 0) is 4.79 Å². The van der Waals surface area contributed by atoms with Crippen molar-refractivity contribution < 1.29 is 9.18 Å². The van der Waals surface area contributed by atoms with Crippen molar-refractivity contribution >= 4 is 23.6 Å². The summed E-state index contributed by atoms with van der Waals surface area (Å²) < 4.78 is 14.5. The highest BCUT2D eigenvalue weighted by molar-refractivity contribution is 7.10. The molecule has 0 saturated carbocycles. The number of aldehydes is 1. The Balaban J connectivity index is 2.43. The summed E-state index contributed by atoms with van der Waals surface area (Å²) in [5, 5.41) is -0.354. The number of guanidine groups is 1. The largest absolute Gasteiger partial charge is 0.370 e. The first-order valence-electron chi connectivity index (χ1n) is 7.58. The van der Waals surface area contributed by atoms with E-state index in [1.54, 1.807) is 50.4 Å². The minimum absolute atomic E-state index is 0.132. The first-order chi connectivity index (χ1) is 12.0. The van der Waals surface area contributed by atoms with Gasteiger partial charge < -0.3 is 15.4 Å². The van der Waals surface area contributed by atoms with Crippen molar-refractivity contribution in [1.29, 1.82) is 0 Å². The zero-order chi connectivity index (χ0) is 18.4. The van der Waals surface area contributed by atoms with Crippen LogP contribution in [0.15, 0.2) is 29.5 Å². The molecule has 1 unspecified atom stereocenters. The molecule has 0 bridgehead atoms. The molecule has 2 heterocycles. The maximum absolute atomic E-state index is 14.5. The third-order valence-electron chi connectivity index (χ3n) is 3.42. The summed E-state index contributed by atoms with van der Waals surface area (Å²) in [5.41, 5.74) is 7.61. The molecule has 2 aromatic rings. The van der Waals surface area contributed by atoms with Crippen molar-refractivity contribution in [2.75, 3.05) is 14.1 Å². The molecule has 0 aliphatic carbocycles. The second-order valence-electron chi connectivity index (χ2n) is 5.47. The van der Waals surface area contributed by atoms with Gasteiger partial charge >= 0.3 is 0 Å². The van der Waals surface area contributed by atoms with Crippen LogP contribution in [0.5, 0.6) is 0 Å². The predicted octanol–water partition coefficient (Wildman–Crippen LogP) is 2.83. The number of nitrogens with zero attached hydrogens (tertiary/aromatic N) is 3. The van der Waals surface area contributed by atoms with Crippen molar-refractivity contribution in [2.45, 2.75) is 19.4 Å². The molecule has 5 nitrogen and oxygen atoms in total. The summed E-state index contributed by atoms with van der Waals surface area (Å²) >= 11 is 0.960. The third-order valence-corrected chi connectivity index (χ3v) is 4.44. The molecule has 0 spiro atoms. The fourth-order valence-corrected chi connectivity index (χ4v) is 3.10. The van der Waals surface area contributed by atoms with Gasteiger partial charge in [0, 0.05) is 54.5 Å². The van der Waals surface area contributed by atoms with Gasteiger partial charge in [0.25, 0.3) is 0 Å². The molecule has 0 amide bonds. The normalized spacial score (nSPS) is 12.2. The molecule has 0 radical (unpaired) electrons. The van der Waals surface area contributed by atoms with Crippen LogP contribution in [0.2, 0.25) is 0 Å². The molecule has 25 heavy (non-hydrogen) atoms. The number of hydrogen-bond acceptors (Lipinski definition) is 4. The Bertz CT molecular complexity index is 848. The number of rotatable bonds is 5. The van der Waals surface area contributed by atoms with Crippen LogP contribution in [0.4, 0.5) is 4.39 Å². The minimum Gasteiger partial charge on any atom is -0.370 e. The summed E-state index contributed by atoms with van der Waals surface area (Å²) in [7, 11) is 3.51. The number of hydrogen-bond donors (Lipinski definition) is 1. The van der Waals surface area contributed by atoms with Crippen molar-refractivity contribution in [3.8, 4) is 23.0 Å². The van der Waals surface area contributed by atoms with Gasteiger partial charge in [-0.3, -0.25) is 4.98 Å². The lowest BCUT2D eigenvalue weighted by Crippen LogP contribution is -2.30. The van der Waals surface area contributed by atoms with Crippen LogP contribution in [0.3, 0.4) is 0 Å². The first kappa shape index (κ1) is 18.6. The molecule has 7 heteroatoms. The van der Waals surface area contributed by atoms with Gasteiger partial charge in [-0.25, -0.2) is 4.99 Å². The quantitative estimate of drug-likeness (QED) is 0.386. The average molecular weight is 358 g/mol. The number of pyridine rings is 1. The first-order valence-corrected chi connectivity index (χ1v) is 8.39. The van der Waals surface area contributed by atoms with Gasteiger partial charge in [-0.2, -0.15) is 4.39 Å². The number of carbonyl (C=O) groups excluding carboxylic acids is 1. The molecule has 0 aliphatic heterocycles. The molecular formula is C18H19FN4OS. The molecule has 1 atom stereocenters. The summed E-state index contributed by atoms with van der Waals surface area (Å²) in [6.07, 6.45) is 4.10. The third kappa shape index (κ3) is 4.64. The number of thiophene rings is 1. The minimum atomic E-state index is -0.514. The van der Waals surface area contributed by atoms with E-state index in [0.29, 0.717) is 21.6 Å². The van der Waals surface area contributed by atoms with E-state index >= 15 is 0 Å². The van der Waals surface area contributed by atoms with Crippen molar-refractivity contribution in [2.24, 2.45) is 10.7 Å². The molecule has 2 aromatic heterocycles. The Morgan fingerprint density at radius 1 is 1.48 bits per heavy atom. The Morgan fingerprint density at radius 3 is 2.88 bits per heavy atom. The van der Waals surface area contributed by atoms with Crippen LogP contribution < -0.4 is 5.73 Å². The Hall–Kier alpha value is -2.72. The lowest BCUT2D eigenvalue weighted by molar-refractivity contribution is -0.108. The average Bonchev–Trinajstić information content (AvgIpc) is 2.96. The van der Waals surface area contributed by atoms with Crippen LogP contribution in [0, 0.1) is 17.0 Å². The van der Waals surface area contributed by atoms with E-state index in [4.69, 9.17) is 5.73 Å². The Kier molecular flexibility index (Phi) is 6.25. The number of aromatic nitrogens is 1. The van der Waals surface area contributed by atoms with Gasteiger partial charge in [0.2, 0.25) is 0 Å². The van der Waals surface area contributed by atoms with Gasteiger partial charge in [-0.05, 0) is 19.1 Å². The van der Waals surface area contributed by atoms with E-state index in [9.17, 15) is 9.18 Å². The Labute approximate surface area is 150 Å². The van der Waals surface area contributed by atoms with Crippen molar-refractivity contribution in [3.63, 3.8) is 0 Å². The summed E-state index contributed by atoms with van der Waals surface area (Å²) in [6, 6.07) is 2.96. The molecule has 0 fully saturated rings. The van der Waals surface area contributed by atoms with Gasteiger partial charge in [0.15, 0.2) is 11.1 Å². The van der Waals surface area contributed by atoms with Crippen LogP contribution in [-0.4, -0.2) is 36.2 Å². The van der Waals surface area contributed by atoms with Crippen molar-refractivity contribution in [1.82, 2.24) is 9.88 Å². The summed E-state index contributed by atoms with van der Waals surface area (Å²) in [6.45, 7) is 1.73. The zero-order valence-electron chi connectivity index (χ0n) is 14.3. The lowest BCUT2D eigenvalue weighted by atomic mass is 10.1. The van der Waals surface area contributed by atoms with E-state index in [1.807, 2.05) is 0 Å². The summed E-state index contributed by atoms with van der Waals surface area (Å²) in [4.78, 5) is 21.7. The SMILES string of the molecule is CC#Cc1cncc(-c2cc(C(CC=O)N=C(N)N(C)C)sc2F)c1. The maximum Gasteiger partial charge on any atom is 0.191 e. The zero-order valence-corrected chi connectivity index (χ0v) is 15.1. The molecule has 2 N–H and O–H groups in total. The van der Waals surface area contributed by atoms with E-state index in [0.717, 1.165) is 17.6 Å². The fourth-order valence-electron chi connectivity index (χ4n) is 2.15. The standard InChI is InChI=1S/C18H19FN4OS/c1-4-5-12-8-13(11-21-10-12)14-9-16(25-17(14)19)15(6-7-24)22-18(20)23(2)3/h7-11,15H,6H2,1-3H3,(H2,20,22). The molecule has 2 rings (SSSR count). The van der Waals surface area contributed by atoms with Crippen LogP contribution in [0.1, 0.15) is 29.8 Å². The molecular weight excluding hydrogens is 339 g/mol. The van der Waals surface area contributed by atoms with E-state index in [1.165, 1.54) is 0 Å². The monoisotopic (exact) mass is 358 g/mol. The molecule has 0 aromatic carbocycles. The van der Waals surface area contributed by atoms with Crippen LogP contribution >= 0.6 is 11.3 Å². The van der Waals surface area contributed by atoms with E-state index in [2.05, 4.69) is 21.8 Å². The fraction of sp³-hybridized carbons (Fsp3) is 0.278. The molecule has 0 saturated heterocycles. The lowest BCUT2D eigenvalue weighted by Gasteiger charge is -2.14. The van der Waals surface area contributed by atoms with E-state index < -0.39 is 6.04 Å². The van der Waals surface area contributed by atoms with Crippen LogP contribution in [0.25, 0.3) is 11.1 Å². The smallest absolute Gasteiger partial charge is 0.191 e. The van der Waals surface area contributed by atoms with Gasteiger partial charge in [0.05, 0.1) is 6.04 Å². The summed E-state index contributed by atoms with van der Waals surface area (Å²) in [5.74, 6) is 5.98. The van der Waals surface area contributed by atoms with Gasteiger partial charge in [0.1, 0.15) is 6.29 Å². The second kappa shape index (κ2) is 8.40. The highest BCUT2D eigenvalue weighted by Crippen LogP contribution is 2.35. The topological polar surface area (TPSA) is 71.6 Å². The number of aliphatic imine (C=N–C) groups is 1. The number of nitrogens with two attached hydrogens (primary N) is 1. The predicted molar refractivity (Wildman–Crippen MR) is 98.8 cm³/mol. The Morgan fingerprint density at radius 2 is 2.24 bits per heavy atom. The highest BCUT2D eigenvalue weighted by Gasteiger charge is 2.19. The van der Waals surface area contributed by atoms with Crippen molar-refractivity contribution in [3.05, 3.63) is 40.1 Å².